The van der Waals surface area contributed by atoms with E-state index in [2.05, 4.69) is 16.7 Å². The molecule has 8 heteroatoms. The minimum absolute atomic E-state index is 0.221. The number of ether oxygens (including phenoxy) is 3. The number of para-hydroxylation sites is 1. The molecule has 2 aromatic carbocycles. The zero-order chi connectivity index (χ0) is 22.5. The van der Waals surface area contributed by atoms with Gasteiger partial charge in [-0.05, 0) is 35.9 Å². The summed E-state index contributed by atoms with van der Waals surface area (Å²) in [5, 5.41) is 4.33. The molecule has 0 unspecified atom stereocenters. The third kappa shape index (κ3) is 4.40. The molecule has 0 aliphatic carbocycles. The number of fused-ring (bicyclic) bond motifs is 1. The lowest BCUT2D eigenvalue weighted by molar-refractivity contribution is 0.355. The van der Waals surface area contributed by atoms with Gasteiger partial charge in [0.1, 0.15) is 12.4 Å². The zero-order valence-corrected chi connectivity index (χ0v) is 18.5. The molecule has 162 valence electrons. The van der Waals surface area contributed by atoms with E-state index < -0.39 is 0 Å². The lowest BCUT2D eigenvalue weighted by Gasteiger charge is -2.07. The molecule has 0 amide bonds. The molecule has 2 heterocycles. The number of methoxy groups -OCH3 is 2. The third-order valence-electron chi connectivity index (χ3n) is 4.59. The van der Waals surface area contributed by atoms with E-state index in [-0.39, 0.29) is 5.56 Å². The number of nitrogens with zero attached hydrogens (tertiary/aromatic N) is 3. The summed E-state index contributed by atoms with van der Waals surface area (Å²) in [6.45, 7) is 4.05. The van der Waals surface area contributed by atoms with Gasteiger partial charge in [-0.2, -0.15) is 9.50 Å². The third-order valence-corrected chi connectivity index (χ3v) is 5.55. The highest BCUT2D eigenvalue weighted by atomic mass is 32.1. The minimum Gasteiger partial charge on any atom is -0.493 e. The number of rotatable bonds is 8. The summed E-state index contributed by atoms with van der Waals surface area (Å²) in [5.74, 6) is 2.42. The molecule has 0 saturated heterocycles. The van der Waals surface area contributed by atoms with Gasteiger partial charge in [0.05, 0.1) is 18.8 Å². The first-order chi connectivity index (χ1) is 15.6. The van der Waals surface area contributed by atoms with Crippen molar-refractivity contribution in [2.75, 3.05) is 20.8 Å². The van der Waals surface area contributed by atoms with Crippen LogP contribution in [-0.2, 0) is 0 Å². The maximum Gasteiger partial charge on any atom is 0.291 e. The minimum atomic E-state index is -0.221. The molecular formula is C24H21N3O4S. The van der Waals surface area contributed by atoms with Gasteiger partial charge >= 0.3 is 0 Å². The van der Waals surface area contributed by atoms with Crippen LogP contribution in [0, 0.1) is 0 Å². The fourth-order valence-corrected chi connectivity index (χ4v) is 3.97. The van der Waals surface area contributed by atoms with Gasteiger partial charge in [0.15, 0.2) is 17.3 Å². The lowest BCUT2D eigenvalue weighted by Crippen LogP contribution is -2.23. The van der Waals surface area contributed by atoms with Crippen LogP contribution in [0.1, 0.15) is 17.0 Å². The van der Waals surface area contributed by atoms with E-state index in [0.29, 0.717) is 39.2 Å². The topological polar surface area (TPSA) is 74.9 Å². The van der Waals surface area contributed by atoms with Crippen LogP contribution in [0.15, 0.2) is 59.9 Å². The van der Waals surface area contributed by atoms with Gasteiger partial charge < -0.3 is 14.2 Å². The van der Waals surface area contributed by atoms with E-state index in [1.165, 1.54) is 15.9 Å². The lowest BCUT2D eigenvalue weighted by atomic mass is 10.2. The van der Waals surface area contributed by atoms with Crippen LogP contribution in [0.4, 0.5) is 0 Å². The van der Waals surface area contributed by atoms with E-state index in [4.69, 9.17) is 14.2 Å². The zero-order valence-electron chi connectivity index (χ0n) is 17.6. The largest absolute Gasteiger partial charge is 0.493 e. The monoisotopic (exact) mass is 447 g/mol. The molecule has 0 radical (unpaired) electrons. The van der Waals surface area contributed by atoms with Gasteiger partial charge in [0, 0.05) is 5.56 Å². The van der Waals surface area contributed by atoms with E-state index in [9.17, 15) is 4.79 Å². The van der Waals surface area contributed by atoms with Crippen LogP contribution in [-0.4, -0.2) is 35.4 Å². The first kappa shape index (κ1) is 21.3. The van der Waals surface area contributed by atoms with Crippen LogP contribution in [0.2, 0.25) is 0 Å². The fourth-order valence-electron chi connectivity index (χ4n) is 3.07. The van der Waals surface area contributed by atoms with Crippen molar-refractivity contribution < 1.29 is 14.2 Å². The van der Waals surface area contributed by atoms with Gasteiger partial charge in [0.25, 0.3) is 5.56 Å². The Balaban J connectivity index is 1.63. The maximum atomic E-state index is 12.8. The summed E-state index contributed by atoms with van der Waals surface area (Å²) >= 11 is 1.28. The number of hydrogen-bond acceptors (Lipinski definition) is 7. The number of hydrogen-bond donors (Lipinski definition) is 0. The molecule has 0 spiro atoms. The van der Waals surface area contributed by atoms with Gasteiger partial charge in [-0.1, -0.05) is 54.3 Å². The quantitative estimate of drug-likeness (QED) is 0.385. The molecular weight excluding hydrogens is 426 g/mol. The van der Waals surface area contributed by atoms with E-state index in [1.54, 1.807) is 32.4 Å². The Morgan fingerprint density at radius 1 is 1.06 bits per heavy atom. The average Bonchev–Trinajstić information content (AvgIpc) is 3.35. The van der Waals surface area contributed by atoms with Crippen LogP contribution in [0.3, 0.4) is 0 Å². The standard InChI is InChI=1S/C24H21N3O4S/c1-4-13-31-18-8-6-5-7-17(18)15-21-23(28)27-24(32-21)25-22(26-27)12-10-16-9-11-19(29-2)20(14-16)30-3/h4-12,14-15H,1,13H2,2-3H3/b12-10+,21-15-. The Morgan fingerprint density at radius 3 is 2.62 bits per heavy atom. The van der Waals surface area contributed by atoms with Crippen molar-refractivity contribution in [3.63, 3.8) is 0 Å². The van der Waals surface area contributed by atoms with Crippen LogP contribution in [0.5, 0.6) is 17.2 Å². The molecule has 0 atom stereocenters. The van der Waals surface area contributed by atoms with Crippen molar-refractivity contribution in [3.8, 4) is 17.2 Å². The Morgan fingerprint density at radius 2 is 1.88 bits per heavy atom. The number of thiazole rings is 1. The summed E-state index contributed by atoms with van der Waals surface area (Å²) in [5.41, 5.74) is 1.49. The van der Waals surface area contributed by atoms with Gasteiger partial charge in [-0.3, -0.25) is 4.79 Å². The molecule has 0 aliphatic rings. The Hall–Kier alpha value is -3.91. The fraction of sp³-hybridized carbons (Fsp3) is 0.125. The van der Waals surface area contributed by atoms with Crippen molar-refractivity contribution in [3.05, 3.63) is 87.0 Å². The van der Waals surface area contributed by atoms with E-state index in [0.717, 1.165) is 11.1 Å². The van der Waals surface area contributed by atoms with Crippen LogP contribution >= 0.6 is 11.3 Å². The van der Waals surface area contributed by atoms with Crippen LogP contribution < -0.4 is 24.3 Å². The summed E-state index contributed by atoms with van der Waals surface area (Å²) in [4.78, 5) is 17.8. The van der Waals surface area contributed by atoms with Gasteiger partial charge in [-0.25, -0.2) is 0 Å². The number of aromatic nitrogens is 3. The smallest absolute Gasteiger partial charge is 0.291 e. The first-order valence-electron chi connectivity index (χ1n) is 9.77. The van der Waals surface area contributed by atoms with Gasteiger partial charge in [-0.15, -0.1) is 5.10 Å². The molecule has 0 saturated carbocycles. The second-order valence-electron chi connectivity index (χ2n) is 6.67. The molecule has 4 aromatic rings. The average molecular weight is 448 g/mol. The molecule has 4 rings (SSSR count). The predicted octanol–water partition coefficient (Wildman–Crippen LogP) is 3.45. The van der Waals surface area contributed by atoms with Gasteiger partial charge in [0.2, 0.25) is 4.96 Å². The van der Waals surface area contributed by atoms with Crippen molar-refractivity contribution >= 4 is 34.5 Å². The predicted molar refractivity (Wildman–Crippen MR) is 127 cm³/mol. The van der Waals surface area contributed by atoms with E-state index in [1.807, 2.05) is 48.5 Å². The van der Waals surface area contributed by atoms with Crippen LogP contribution in [0.25, 0.3) is 23.2 Å². The Kier molecular flexibility index (Phi) is 6.32. The normalized spacial score (nSPS) is 11.9. The van der Waals surface area contributed by atoms with Crippen molar-refractivity contribution in [1.29, 1.82) is 0 Å². The Bertz CT molecular complexity index is 1400. The molecule has 32 heavy (non-hydrogen) atoms. The van der Waals surface area contributed by atoms with Crippen molar-refractivity contribution in [1.82, 2.24) is 14.6 Å². The number of benzene rings is 2. The second kappa shape index (κ2) is 9.49. The molecule has 7 nitrogen and oxygen atoms in total. The highest BCUT2D eigenvalue weighted by Gasteiger charge is 2.10. The summed E-state index contributed by atoms with van der Waals surface area (Å²) < 4.78 is 18.1. The molecule has 0 bridgehead atoms. The highest BCUT2D eigenvalue weighted by molar-refractivity contribution is 7.15. The molecule has 0 fully saturated rings. The summed E-state index contributed by atoms with van der Waals surface area (Å²) in [7, 11) is 3.18. The van der Waals surface area contributed by atoms with E-state index >= 15 is 0 Å². The first-order valence-corrected chi connectivity index (χ1v) is 10.6. The highest BCUT2D eigenvalue weighted by Crippen LogP contribution is 2.28. The second-order valence-corrected chi connectivity index (χ2v) is 7.67. The molecule has 0 N–H and O–H groups in total. The van der Waals surface area contributed by atoms with Crippen molar-refractivity contribution in [2.24, 2.45) is 0 Å². The molecule has 0 aliphatic heterocycles. The maximum absolute atomic E-state index is 12.8. The summed E-state index contributed by atoms with van der Waals surface area (Å²) in [6.07, 6.45) is 7.07. The molecule has 2 aromatic heterocycles. The Labute approximate surface area is 188 Å². The van der Waals surface area contributed by atoms with Crippen molar-refractivity contribution in [2.45, 2.75) is 0 Å². The summed E-state index contributed by atoms with van der Waals surface area (Å²) in [6, 6.07) is 13.1. The SMILES string of the molecule is C=CCOc1ccccc1/C=c1\sc2nc(/C=C/c3ccc(OC)c(OC)c3)nn2c1=O.